The summed E-state index contributed by atoms with van der Waals surface area (Å²) in [7, 11) is -0.713. The monoisotopic (exact) mass is 479 g/mol. The molecule has 3 rings (SSSR count). The zero-order chi connectivity index (χ0) is 24.6. The highest BCUT2D eigenvalue weighted by atomic mass is 32.2. The molecule has 0 saturated heterocycles. The van der Waals surface area contributed by atoms with Crippen molar-refractivity contribution >= 4 is 17.0 Å². The van der Waals surface area contributed by atoms with E-state index in [1.54, 1.807) is 4.90 Å². The van der Waals surface area contributed by atoms with Crippen LogP contribution in [-0.2, 0) is 23.3 Å². The fraction of sp³-hybridized carbons (Fsp3) is 0.345. The minimum atomic E-state index is -0.713. The van der Waals surface area contributed by atoms with Crippen LogP contribution >= 0.6 is 10.9 Å². The zero-order valence-corrected chi connectivity index (χ0v) is 21.8. The molecule has 0 bridgehead atoms. The van der Waals surface area contributed by atoms with E-state index < -0.39 is 10.9 Å². The maximum absolute atomic E-state index is 12.8. The molecule has 34 heavy (non-hydrogen) atoms. The molecule has 0 N–H and O–H groups in total. The summed E-state index contributed by atoms with van der Waals surface area (Å²) in [5.74, 6) is 1.28. The molecule has 0 aliphatic rings. The smallest absolute Gasteiger partial charge is 0.410 e. The number of ether oxygens (including phenoxy) is 2. The number of hydrogen-bond acceptors (Lipinski definition) is 3. The topological polar surface area (TPSA) is 38.8 Å². The Morgan fingerprint density at radius 3 is 2.09 bits per heavy atom. The van der Waals surface area contributed by atoms with Gasteiger partial charge in [-0.05, 0) is 46.7 Å². The number of amides is 1. The molecular formula is C29H37NO3S. The highest BCUT2D eigenvalue weighted by molar-refractivity contribution is 8.16. The third kappa shape index (κ3) is 7.04. The molecule has 0 radical (unpaired) electrons. The first-order chi connectivity index (χ1) is 16.3. The van der Waals surface area contributed by atoms with Crippen LogP contribution in [0.1, 0.15) is 44.4 Å². The van der Waals surface area contributed by atoms with Gasteiger partial charge in [-0.25, -0.2) is 4.79 Å². The van der Waals surface area contributed by atoms with E-state index in [0.29, 0.717) is 25.6 Å². The molecule has 1 unspecified atom stereocenters. The SMILES string of the molecule is CCN(Cc1ccccc1)C(=O)OC[SH](C)c1cccc(OCc2ccccc2)c1C(C)(C)C. The molecular weight excluding hydrogens is 442 g/mol. The Morgan fingerprint density at radius 2 is 1.50 bits per heavy atom. The molecule has 0 aromatic heterocycles. The number of carbonyl (C=O) groups excluding carboxylic acids is 1. The summed E-state index contributed by atoms with van der Waals surface area (Å²) in [5, 5.41) is 0. The lowest BCUT2D eigenvalue weighted by molar-refractivity contribution is 0.118. The van der Waals surface area contributed by atoms with E-state index in [0.717, 1.165) is 16.9 Å². The summed E-state index contributed by atoms with van der Waals surface area (Å²) in [6.45, 7) is 10.3. The van der Waals surface area contributed by atoms with Crippen molar-refractivity contribution in [2.75, 3.05) is 18.7 Å². The molecule has 0 spiro atoms. The van der Waals surface area contributed by atoms with Gasteiger partial charge in [0.15, 0.2) is 0 Å². The summed E-state index contributed by atoms with van der Waals surface area (Å²) in [4.78, 5) is 15.8. The molecule has 0 aliphatic heterocycles. The van der Waals surface area contributed by atoms with Gasteiger partial charge in [0, 0.05) is 18.7 Å². The molecule has 182 valence electrons. The predicted molar refractivity (Wildman–Crippen MR) is 143 cm³/mol. The van der Waals surface area contributed by atoms with Gasteiger partial charge in [0.1, 0.15) is 18.3 Å². The first kappa shape index (κ1) is 25.7. The van der Waals surface area contributed by atoms with E-state index in [9.17, 15) is 4.79 Å². The number of nitrogens with zero attached hydrogens (tertiary/aromatic N) is 1. The lowest BCUT2D eigenvalue weighted by Crippen LogP contribution is -2.31. The second-order valence-electron chi connectivity index (χ2n) is 9.41. The van der Waals surface area contributed by atoms with E-state index in [-0.39, 0.29) is 11.5 Å². The van der Waals surface area contributed by atoms with Crippen molar-refractivity contribution < 1.29 is 14.3 Å². The van der Waals surface area contributed by atoms with Crippen LogP contribution < -0.4 is 4.74 Å². The molecule has 3 aromatic rings. The van der Waals surface area contributed by atoms with Crippen LogP contribution in [0.3, 0.4) is 0 Å². The highest BCUT2D eigenvalue weighted by Crippen LogP contribution is 2.44. The summed E-state index contributed by atoms with van der Waals surface area (Å²) in [6, 6.07) is 26.4. The van der Waals surface area contributed by atoms with E-state index in [1.807, 2.05) is 67.6 Å². The fourth-order valence-electron chi connectivity index (χ4n) is 3.87. The average molecular weight is 480 g/mol. The first-order valence-corrected chi connectivity index (χ1v) is 13.7. The maximum Gasteiger partial charge on any atom is 0.410 e. The van der Waals surface area contributed by atoms with Gasteiger partial charge in [-0.15, -0.1) is 0 Å². The normalized spacial score (nSPS) is 12.7. The average Bonchev–Trinajstić information content (AvgIpc) is 2.84. The Balaban J connectivity index is 1.71. The van der Waals surface area contributed by atoms with E-state index in [1.165, 1.54) is 10.5 Å². The molecule has 0 heterocycles. The van der Waals surface area contributed by atoms with Crippen molar-refractivity contribution in [3.63, 3.8) is 0 Å². The minimum absolute atomic E-state index is 0.105. The number of carbonyl (C=O) groups is 1. The van der Waals surface area contributed by atoms with Crippen LogP contribution in [0.15, 0.2) is 83.8 Å². The van der Waals surface area contributed by atoms with Crippen LogP contribution in [0.2, 0.25) is 0 Å². The highest BCUT2D eigenvalue weighted by Gasteiger charge is 2.25. The summed E-state index contributed by atoms with van der Waals surface area (Å²) >= 11 is 0. The lowest BCUT2D eigenvalue weighted by Gasteiger charge is -2.30. The standard InChI is InChI=1S/C29H37NO3S/c1-6-30(20-23-14-9-7-10-15-23)28(31)33-22-34(5)26-19-13-18-25(27(26)29(2,3)4)32-21-24-16-11-8-12-17-24/h7-19,34H,6,20-22H2,1-5H3. The third-order valence-electron chi connectivity index (χ3n) is 5.64. The van der Waals surface area contributed by atoms with Gasteiger partial charge < -0.3 is 14.4 Å². The van der Waals surface area contributed by atoms with Crippen LogP contribution in [0.5, 0.6) is 5.75 Å². The fourth-order valence-corrected chi connectivity index (χ4v) is 5.48. The van der Waals surface area contributed by atoms with Crippen molar-refractivity contribution in [3.05, 3.63) is 95.6 Å². The van der Waals surface area contributed by atoms with Crippen molar-refractivity contribution in [1.29, 1.82) is 0 Å². The van der Waals surface area contributed by atoms with Crippen molar-refractivity contribution in [2.24, 2.45) is 0 Å². The Morgan fingerprint density at radius 1 is 0.882 bits per heavy atom. The zero-order valence-electron chi connectivity index (χ0n) is 21.0. The van der Waals surface area contributed by atoms with Crippen LogP contribution in [0.4, 0.5) is 4.79 Å². The van der Waals surface area contributed by atoms with E-state index >= 15 is 0 Å². The Kier molecular flexibility index (Phi) is 9.05. The van der Waals surface area contributed by atoms with E-state index in [4.69, 9.17) is 9.47 Å². The Hall–Kier alpha value is -2.92. The Labute approximate surface area is 207 Å². The summed E-state index contributed by atoms with van der Waals surface area (Å²) in [5.41, 5.74) is 3.32. The van der Waals surface area contributed by atoms with Crippen molar-refractivity contribution in [1.82, 2.24) is 4.90 Å². The predicted octanol–water partition coefficient (Wildman–Crippen LogP) is 7.17. The second kappa shape index (κ2) is 12.0. The van der Waals surface area contributed by atoms with Gasteiger partial charge >= 0.3 is 6.09 Å². The summed E-state index contributed by atoms with van der Waals surface area (Å²) < 4.78 is 12.1. The van der Waals surface area contributed by atoms with Crippen molar-refractivity contribution in [3.8, 4) is 5.75 Å². The van der Waals surface area contributed by atoms with Crippen LogP contribution in [0, 0.1) is 0 Å². The second-order valence-corrected chi connectivity index (χ2v) is 11.5. The minimum Gasteiger partial charge on any atom is -0.489 e. The number of benzene rings is 3. The third-order valence-corrected chi connectivity index (χ3v) is 7.35. The molecule has 0 aliphatic carbocycles. The Bertz CT molecular complexity index is 1050. The number of rotatable bonds is 9. The van der Waals surface area contributed by atoms with Gasteiger partial charge in [0.2, 0.25) is 0 Å². The van der Waals surface area contributed by atoms with Crippen molar-refractivity contribution in [2.45, 2.75) is 51.2 Å². The largest absolute Gasteiger partial charge is 0.489 e. The number of hydrogen-bond donors (Lipinski definition) is 1. The quantitative estimate of drug-likeness (QED) is 0.331. The lowest BCUT2D eigenvalue weighted by atomic mass is 9.86. The molecule has 1 atom stereocenters. The van der Waals surface area contributed by atoms with Gasteiger partial charge in [0.25, 0.3) is 0 Å². The van der Waals surface area contributed by atoms with E-state index in [2.05, 4.69) is 45.2 Å². The van der Waals surface area contributed by atoms with Crippen LogP contribution in [-0.4, -0.2) is 29.7 Å². The van der Waals surface area contributed by atoms with Gasteiger partial charge in [-0.1, -0.05) is 87.5 Å². The molecule has 5 heteroatoms. The number of thiol groups is 1. The van der Waals surface area contributed by atoms with Crippen LogP contribution in [0.25, 0.3) is 0 Å². The van der Waals surface area contributed by atoms with Gasteiger partial charge in [0.05, 0.1) is 0 Å². The molecule has 3 aromatic carbocycles. The maximum atomic E-state index is 12.8. The van der Waals surface area contributed by atoms with Gasteiger partial charge in [-0.2, -0.15) is 10.9 Å². The molecule has 4 nitrogen and oxygen atoms in total. The molecule has 1 amide bonds. The molecule has 0 saturated carbocycles. The molecule has 0 fully saturated rings. The van der Waals surface area contributed by atoms with Gasteiger partial charge in [-0.3, -0.25) is 0 Å². The first-order valence-electron chi connectivity index (χ1n) is 11.8. The summed E-state index contributed by atoms with van der Waals surface area (Å²) in [6.07, 6.45) is 1.90.